The number of alkyl halides is 3. The normalized spacial score (nSPS) is 12.6. The van der Waals surface area contributed by atoms with Gasteiger partial charge in [-0.2, -0.15) is 18.4 Å². The molecule has 1 heterocycles. The van der Waals surface area contributed by atoms with E-state index >= 15 is 0 Å². The molecule has 0 aliphatic heterocycles. The highest BCUT2D eigenvalue weighted by atomic mass is 32.2. The quantitative estimate of drug-likeness (QED) is 0.518. The van der Waals surface area contributed by atoms with Gasteiger partial charge in [0, 0.05) is 22.8 Å². The van der Waals surface area contributed by atoms with Crippen LogP contribution in [0, 0.1) is 18.3 Å². The van der Waals surface area contributed by atoms with Gasteiger partial charge in [0.05, 0.1) is 38.5 Å². The predicted molar refractivity (Wildman–Crippen MR) is 126 cm³/mol. The van der Waals surface area contributed by atoms with Crippen LogP contribution in [0.5, 0.6) is 0 Å². The van der Waals surface area contributed by atoms with Gasteiger partial charge in [-0.15, -0.1) is 0 Å². The Labute approximate surface area is 207 Å². The summed E-state index contributed by atoms with van der Waals surface area (Å²) in [4.78, 5) is 26.5. The molecule has 3 aromatic rings. The minimum Gasteiger partial charge on any atom is -0.389 e. The second kappa shape index (κ2) is 10.1. The minimum atomic E-state index is -4.68. The third-order valence-corrected chi connectivity index (χ3v) is 6.67. The van der Waals surface area contributed by atoms with Crippen molar-refractivity contribution < 1.29 is 27.3 Å². The molecule has 1 atom stereocenters. The molecule has 7 nitrogen and oxygen atoms in total. The molecule has 2 N–H and O–H groups in total. The number of nitriles is 1. The van der Waals surface area contributed by atoms with Crippen molar-refractivity contribution in [2.75, 3.05) is 6.54 Å². The van der Waals surface area contributed by atoms with Crippen LogP contribution in [0.2, 0.25) is 0 Å². The van der Waals surface area contributed by atoms with Gasteiger partial charge in [0.1, 0.15) is 5.56 Å². The second-order valence-corrected chi connectivity index (χ2v) is 10.0. The van der Waals surface area contributed by atoms with Gasteiger partial charge in [-0.25, -0.2) is 4.21 Å². The third kappa shape index (κ3) is 5.90. The zero-order chi connectivity index (χ0) is 26.8. The second-order valence-electron chi connectivity index (χ2n) is 8.60. The van der Waals surface area contributed by atoms with Crippen LogP contribution in [0.15, 0.2) is 69.2 Å². The van der Waals surface area contributed by atoms with Crippen LogP contribution in [0.3, 0.4) is 0 Å². The third-order valence-electron chi connectivity index (χ3n) is 5.16. The summed E-state index contributed by atoms with van der Waals surface area (Å²) in [6, 6.07) is 12.9. The molecule has 0 fully saturated rings. The number of carbonyl (C=O) groups is 1. The average Bonchev–Trinajstić information content (AvgIpc) is 2.81. The maximum absolute atomic E-state index is 13.4. The molecule has 1 amide bonds. The van der Waals surface area contributed by atoms with Crippen molar-refractivity contribution in [1.29, 1.82) is 5.26 Å². The van der Waals surface area contributed by atoms with E-state index < -0.39 is 45.2 Å². The summed E-state index contributed by atoms with van der Waals surface area (Å²) >= 11 is 0. The van der Waals surface area contributed by atoms with E-state index in [0.29, 0.717) is 5.56 Å². The van der Waals surface area contributed by atoms with E-state index in [0.717, 1.165) is 28.8 Å². The number of aromatic nitrogens is 1. The number of aliphatic hydroxyl groups is 1. The Balaban J connectivity index is 2.25. The number of nitrogens with one attached hydrogen (secondary N) is 1. The molecule has 36 heavy (non-hydrogen) atoms. The van der Waals surface area contributed by atoms with Crippen molar-refractivity contribution >= 4 is 16.7 Å². The van der Waals surface area contributed by atoms with Crippen molar-refractivity contribution in [2.24, 2.45) is 0 Å². The molecule has 3 rings (SSSR count). The minimum absolute atomic E-state index is 0.0186. The number of rotatable bonds is 6. The van der Waals surface area contributed by atoms with Gasteiger partial charge in [-0.05, 0) is 69.3 Å². The molecular formula is C25H22F3N3O4S. The number of hydrogen-bond acceptors (Lipinski definition) is 5. The largest absolute Gasteiger partial charge is 0.416 e. The van der Waals surface area contributed by atoms with Gasteiger partial charge in [-0.1, -0.05) is 6.07 Å². The van der Waals surface area contributed by atoms with E-state index in [-0.39, 0.29) is 27.7 Å². The first-order valence-corrected chi connectivity index (χ1v) is 11.7. The molecule has 188 valence electrons. The Hall–Kier alpha value is -3.75. The van der Waals surface area contributed by atoms with Crippen molar-refractivity contribution in [3.8, 4) is 11.8 Å². The fourth-order valence-electron chi connectivity index (χ4n) is 3.33. The number of pyridine rings is 1. The number of hydrogen-bond donors (Lipinski definition) is 2. The van der Waals surface area contributed by atoms with Gasteiger partial charge in [0.2, 0.25) is 0 Å². The monoisotopic (exact) mass is 517 g/mol. The lowest BCUT2D eigenvalue weighted by Crippen LogP contribution is -2.41. The molecule has 0 radical (unpaired) electrons. The molecule has 11 heteroatoms. The standard InChI is InChI=1S/C25H22F3N3O4S/c1-15-21(36(35)19-9-7-16(13-29)8-10-19)12-20(22(32)30-14-24(2,3)34)23(33)31(15)18-6-4-5-17(11-18)25(26,27)28/h4-12,34H,14H2,1-3H3,(H,30,32). The smallest absolute Gasteiger partial charge is 0.389 e. The number of amides is 1. The molecule has 2 aromatic carbocycles. The average molecular weight is 518 g/mol. The number of carbonyl (C=O) groups excluding carboxylic acids is 1. The maximum atomic E-state index is 13.4. The lowest BCUT2D eigenvalue weighted by Gasteiger charge is -2.20. The zero-order valence-electron chi connectivity index (χ0n) is 19.5. The number of halogens is 3. The summed E-state index contributed by atoms with van der Waals surface area (Å²) < 4.78 is 54.4. The van der Waals surface area contributed by atoms with Crippen molar-refractivity contribution in [3.63, 3.8) is 0 Å². The first kappa shape index (κ1) is 26.8. The SMILES string of the molecule is Cc1c(S(=O)c2ccc(C#N)cc2)cc(C(=O)NCC(C)(C)O)c(=O)n1-c1cccc(C(F)(F)F)c1. The summed E-state index contributed by atoms with van der Waals surface area (Å²) in [5, 5.41) is 21.3. The van der Waals surface area contributed by atoms with E-state index in [4.69, 9.17) is 5.26 Å². The van der Waals surface area contributed by atoms with Crippen LogP contribution in [-0.4, -0.2) is 31.9 Å². The van der Waals surface area contributed by atoms with Crippen LogP contribution in [-0.2, 0) is 17.0 Å². The van der Waals surface area contributed by atoms with E-state index in [1.807, 2.05) is 6.07 Å². The Morgan fingerprint density at radius 3 is 2.33 bits per heavy atom. The maximum Gasteiger partial charge on any atom is 0.416 e. The summed E-state index contributed by atoms with van der Waals surface area (Å²) in [5.74, 6) is -0.888. The summed E-state index contributed by atoms with van der Waals surface area (Å²) in [5.41, 5.74) is -3.44. The van der Waals surface area contributed by atoms with Crippen molar-refractivity contribution in [2.45, 2.75) is 42.3 Å². The van der Waals surface area contributed by atoms with Gasteiger partial charge < -0.3 is 10.4 Å². The Morgan fingerprint density at radius 2 is 1.78 bits per heavy atom. The zero-order valence-corrected chi connectivity index (χ0v) is 20.3. The lowest BCUT2D eigenvalue weighted by atomic mass is 10.1. The van der Waals surface area contributed by atoms with Crippen LogP contribution in [0.25, 0.3) is 5.69 Å². The van der Waals surface area contributed by atoms with Gasteiger partial charge in [0.25, 0.3) is 11.5 Å². The Kier molecular flexibility index (Phi) is 7.52. The van der Waals surface area contributed by atoms with Crippen LogP contribution in [0.1, 0.15) is 41.0 Å². The fourth-order valence-corrected chi connectivity index (χ4v) is 4.56. The van der Waals surface area contributed by atoms with Crippen LogP contribution in [0.4, 0.5) is 13.2 Å². The van der Waals surface area contributed by atoms with Crippen LogP contribution >= 0.6 is 0 Å². The Bertz CT molecular complexity index is 1430. The van der Waals surface area contributed by atoms with Crippen molar-refractivity contribution in [1.82, 2.24) is 9.88 Å². The molecule has 1 unspecified atom stereocenters. The lowest BCUT2D eigenvalue weighted by molar-refractivity contribution is -0.137. The first-order valence-electron chi connectivity index (χ1n) is 10.6. The summed E-state index contributed by atoms with van der Waals surface area (Å²) in [6.07, 6.45) is -4.68. The highest BCUT2D eigenvalue weighted by Gasteiger charge is 2.31. The number of nitrogens with zero attached hydrogens (tertiary/aromatic N) is 2. The van der Waals surface area contributed by atoms with Crippen molar-refractivity contribution in [3.05, 3.63) is 87.3 Å². The number of benzene rings is 2. The molecule has 0 aliphatic rings. The fraction of sp³-hybridized carbons (Fsp3) is 0.240. The molecule has 0 bridgehead atoms. The van der Waals surface area contributed by atoms with E-state index in [9.17, 15) is 32.1 Å². The van der Waals surface area contributed by atoms with E-state index in [1.54, 1.807) is 0 Å². The van der Waals surface area contributed by atoms with Gasteiger partial charge in [0.15, 0.2) is 0 Å². The highest BCUT2D eigenvalue weighted by molar-refractivity contribution is 7.85. The molecular weight excluding hydrogens is 495 g/mol. The highest BCUT2D eigenvalue weighted by Crippen LogP contribution is 2.31. The molecule has 0 saturated carbocycles. The van der Waals surface area contributed by atoms with E-state index in [1.165, 1.54) is 51.1 Å². The Morgan fingerprint density at radius 1 is 1.14 bits per heavy atom. The van der Waals surface area contributed by atoms with E-state index in [2.05, 4.69) is 5.32 Å². The van der Waals surface area contributed by atoms with Crippen LogP contribution < -0.4 is 10.9 Å². The summed E-state index contributed by atoms with van der Waals surface area (Å²) in [7, 11) is -1.95. The predicted octanol–water partition coefficient (Wildman–Crippen LogP) is 3.70. The topological polar surface area (TPSA) is 112 Å². The molecule has 1 aromatic heterocycles. The van der Waals surface area contributed by atoms with Gasteiger partial charge >= 0.3 is 6.18 Å². The molecule has 0 saturated heterocycles. The molecule has 0 aliphatic carbocycles. The molecule has 0 spiro atoms. The summed E-state index contributed by atoms with van der Waals surface area (Å²) in [6.45, 7) is 4.08. The first-order chi connectivity index (χ1) is 16.7. The van der Waals surface area contributed by atoms with Gasteiger partial charge in [-0.3, -0.25) is 14.2 Å².